The van der Waals surface area contributed by atoms with E-state index in [9.17, 15) is 0 Å². The van der Waals surface area contributed by atoms with Crippen molar-refractivity contribution in [1.82, 2.24) is 0 Å². The Morgan fingerprint density at radius 3 is 1.00 bits per heavy atom. The smallest absolute Gasteiger partial charge is 0 e. The van der Waals surface area contributed by atoms with Gasteiger partial charge in [0, 0.05) is 19.5 Å². The van der Waals surface area contributed by atoms with Crippen molar-refractivity contribution < 1.29 is 19.5 Å². The molecule has 0 fully saturated rings. The molecule has 0 spiro atoms. The minimum Gasteiger partial charge on any atom is 0 e. The number of hydrogen-bond donors (Lipinski definition) is 0. The first-order chi connectivity index (χ1) is 0. The second-order valence-corrected chi connectivity index (χ2v) is 0. The van der Waals surface area contributed by atoms with Crippen LogP contribution in [0.5, 0.6) is 0 Å². The SMILES string of the molecule is B.Cl.[KH].[Zn]. The van der Waals surface area contributed by atoms with Crippen LogP contribution in [0.4, 0.5) is 0 Å². The molecule has 0 aromatic heterocycles. The molecule has 0 saturated carbocycles. The van der Waals surface area contributed by atoms with Gasteiger partial charge in [0.15, 0.2) is 0 Å². The molecule has 0 aliphatic carbocycles. The summed E-state index contributed by atoms with van der Waals surface area (Å²) in [6, 6.07) is 0. The molecule has 0 aliphatic rings. The Labute approximate surface area is 89.6 Å². The van der Waals surface area contributed by atoms with E-state index in [4.69, 9.17) is 0 Å². The molecule has 4 heteroatoms. The summed E-state index contributed by atoms with van der Waals surface area (Å²) in [5.41, 5.74) is 0. The van der Waals surface area contributed by atoms with Crippen molar-refractivity contribution >= 4 is 72.2 Å². The van der Waals surface area contributed by atoms with Crippen molar-refractivity contribution in [2.45, 2.75) is 0 Å². The summed E-state index contributed by atoms with van der Waals surface area (Å²) >= 11 is 0. The molecule has 0 unspecified atom stereocenters. The van der Waals surface area contributed by atoms with Gasteiger partial charge in [-0.1, -0.05) is 0 Å². The predicted molar refractivity (Wildman–Crippen MR) is 24.3 cm³/mol. The van der Waals surface area contributed by atoms with Crippen molar-refractivity contribution in [2.75, 3.05) is 0 Å². The molecule has 0 atom stereocenters. The molecule has 0 bridgehead atoms. The molecule has 0 aromatic carbocycles. The van der Waals surface area contributed by atoms with E-state index in [0.29, 0.717) is 0 Å². The molecular formula is H5BClKZn. The normalized spacial score (nSPS) is 0. The Bertz CT molecular complexity index is 8.00. The van der Waals surface area contributed by atoms with Crippen molar-refractivity contribution in [1.29, 1.82) is 0 Å². The number of rotatable bonds is 0. The van der Waals surface area contributed by atoms with E-state index in [2.05, 4.69) is 0 Å². The topological polar surface area (TPSA) is 0 Å². The second kappa shape index (κ2) is 17.5. The maximum Gasteiger partial charge on any atom is 0 e. The Balaban J connectivity index is 0. The van der Waals surface area contributed by atoms with Crippen LogP contribution < -0.4 is 0 Å². The maximum absolute atomic E-state index is 0. The van der Waals surface area contributed by atoms with E-state index in [1.54, 1.807) is 0 Å². The van der Waals surface area contributed by atoms with Crippen LogP contribution in [0.2, 0.25) is 0 Å². The fraction of sp³-hybridized carbons (Fsp3) is 0. The van der Waals surface area contributed by atoms with Gasteiger partial charge < -0.3 is 0 Å². The molecule has 18 valence electrons. The monoisotopic (exact) mass is 154 g/mol. The Kier molecular flexibility index (Phi) is 133. The van der Waals surface area contributed by atoms with Crippen LogP contribution in [0.25, 0.3) is 0 Å². The minimum absolute atomic E-state index is 0. The van der Waals surface area contributed by atoms with E-state index >= 15 is 0 Å². The van der Waals surface area contributed by atoms with Crippen LogP contribution in [-0.2, 0) is 19.5 Å². The summed E-state index contributed by atoms with van der Waals surface area (Å²) < 4.78 is 0. The largest absolute Gasteiger partial charge is 0 e. The van der Waals surface area contributed by atoms with Crippen molar-refractivity contribution in [3.8, 4) is 0 Å². The van der Waals surface area contributed by atoms with Crippen LogP contribution >= 0.6 is 12.4 Å². The molecule has 0 aromatic rings. The third kappa shape index (κ3) is 8.82. The number of hydrogen-bond acceptors (Lipinski definition) is 0. The zero-order chi connectivity index (χ0) is 0. The summed E-state index contributed by atoms with van der Waals surface area (Å²) in [5, 5.41) is 0. The van der Waals surface area contributed by atoms with Crippen LogP contribution in [0, 0.1) is 0 Å². The van der Waals surface area contributed by atoms with Gasteiger partial charge >= 0.3 is 51.4 Å². The average molecular weight is 156 g/mol. The molecule has 0 rings (SSSR count). The van der Waals surface area contributed by atoms with E-state index < -0.39 is 0 Å². The Hall–Kier alpha value is 2.61. The Morgan fingerprint density at radius 2 is 1.00 bits per heavy atom. The summed E-state index contributed by atoms with van der Waals surface area (Å²) in [7, 11) is 0. The van der Waals surface area contributed by atoms with Gasteiger partial charge in [-0.3, -0.25) is 0 Å². The van der Waals surface area contributed by atoms with Gasteiger partial charge in [-0.25, -0.2) is 0 Å². The maximum atomic E-state index is 0. The predicted octanol–water partition coefficient (Wildman–Crippen LogP) is -1.41. The van der Waals surface area contributed by atoms with Crippen LogP contribution in [-0.4, -0.2) is 59.8 Å². The van der Waals surface area contributed by atoms with E-state index in [-0.39, 0.29) is 91.7 Å². The molecule has 0 nitrogen and oxygen atoms in total. The zero-order valence-electron chi connectivity index (χ0n) is 1.12. The molecule has 0 heterocycles. The summed E-state index contributed by atoms with van der Waals surface area (Å²) in [5.74, 6) is 0. The number of halogens is 1. The summed E-state index contributed by atoms with van der Waals surface area (Å²) in [6.07, 6.45) is 0. The van der Waals surface area contributed by atoms with Gasteiger partial charge in [-0.2, -0.15) is 0 Å². The summed E-state index contributed by atoms with van der Waals surface area (Å²) in [4.78, 5) is 0. The first-order valence-electron chi connectivity index (χ1n) is 0. The van der Waals surface area contributed by atoms with Gasteiger partial charge in [-0.05, 0) is 0 Å². The van der Waals surface area contributed by atoms with E-state index in [1.165, 1.54) is 0 Å². The van der Waals surface area contributed by atoms with Crippen LogP contribution in [0.3, 0.4) is 0 Å². The van der Waals surface area contributed by atoms with Gasteiger partial charge in [0.25, 0.3) is 0 Å². The first-order valence-corrected chi connectivity index (χ1v) is 0. The van der Waals surface area contributed by atoms with Gasteiger partial charge in [0.2, 0.25) is 0 Å². The molecular weight excluding hydrogens is 151 g/mol. The molecule has 4 heavy (non-hydrogen) atoms. The van der Waals surface area contributed by atoms with E-state index in [1.807, 2.05) is 0 Å². The van der Waals surface area contributed by atoms with Gasteiger partial charge in [0.1, 0.15) is 0 Å². The fourth-order valence-corrected chi connectivity index (χ4v) is 0. The molecule has 0 N–H and O–H groups in total. The molecule has 0 aliphatic heterocycles. The van der Waals surface area contributed by atoms with Crippen LogP contribution in [0.15, 0.2) is 0 Å². The average Bonchev–Trinajstić information content (AvgIpc) is 0. The third-order valence-electron chi connectivity index (χ3n) is 0. The van der Waals surface area contributed by atoms with Crippen molar-refractivity contribution in [2.24, 2.45) is 0 Å². The quantitative estimate of drug-likeness (QED) is 0.377. The Morgan fingerprint density at radius 1 is 1.00 bits per heavy atom. The van der Waals surface area contributed by atoms with Crippen molar-refractivity contribution in [3.63, 3.8) is 0 Å². The van der Waals surface area contributed by atoms with Crippen molar-refractivity contribution in [3.05, 3.63) is 0 Å². The molecule has 0 amide bonds. The first kappa shape index (κ1) is 30.5. The van der Waals surface area contributed by atoms with Crippen LogP contribution in [0.1, 0.15) is 0 Å². The van der Waals surface area contributed by atoms with E-state index in [0.717, 1.165) is 0 Å². The van der Waals surface area contributed by atoms with Gasteiger partial charge in [0.05, 0.1) is 8.41 Å². The second-order valence-electron chi connectivity index (χ2n) is 0. The minimum atomic E-state index is 0. The molecule has 0 radical (unpaired) electrons. The van der Waals surface area contributed by atoms with Gasteiger partial charge in [-0.15, -0.1) is 12.4 Å². The third-order valence-corrected chi connectivity index (χ3v) is 0. The molecule has 0 saturated heterocycles. The zero-order valence-corrected chi connectivity index (χ0v) is 4.90. The standard InChI is InChI=1S/BH3.ClH.K.Zn.H/h1H3;1H;;;. The fourth-order valence-electron chi connectivity index (χ4n) is 0. The summed E-state index contributed by atoms with van der Waals surface area (Å²) in [6.45, 7) is 0.